The maximum Gasteiger partial charge on any atom is 0.0722 e. The van der Waals surface area contributed by atoms with Crippen molar-refractivity contribution in [2.24, 2.45) is 0 Å². The monoisotopic (exact) mass is 598 g/mol. The Kier molecular flexibility index (Phi) is 5.42. The van der Waals surface area contributed by atoms with Crippen molar-refractivity contribution >= 4 is 27.1 Å². The molecule has 0 nitrogen and oxygen atoms in total. The first-order valence-corrected chi connectivity index (χ1v) is 16.8. The normalized spacial score (nSPS) is 17.3. The number of aryl methyl sites for hydroxylation is 2. The Hall–Kier alpha value is -5.46. The van der Waals surface area contributed by atoms with Gasteiger partial charge < -0.3 is 0 Å². The molecular weight excluding hydrogens is 565 g/mol. The Morgan fingerprint density at radius 2 is 0.957 bits per heavy atom. The van der Waals surface area contributed by atoms with Gasteiger partial charge in [-0.3, -0.25) is 0 Å². The standard InChI is InChI=1S/C47H34/c1-28-23-29(2)25-31(24-28)44-33-14-4-6-16-35(33)45(36-17-7-5-15-34(36)44)38-19-12-22-42-46(38)37-18-9-11-21-41(37)47(42)40-20-10-8-13-32(40)39-26-30(3)27-43(39)47/h4-25,27H,26H2,1-3H3. The van der Waals surface area contributed by atoms with E-state index in [4.69, 9.17) is 0 Å². The molecule has 0 radical (unpaired) electrons. The number of hydrogen-bond acceptors (Lipinski definition) is 0. The van der Waals surface area contributed by atoms with Crippen LogP contribution in [0.1, 0.15) is 46.7 Å². The van der Waals surface area contributed by atoms with Gasteiger partial charge in [0, 0.05) is 0 Å². The molecule has 0 aromatic heterocycles. The van der Waals surface area contributed by atoms with E-state index in [0.29, 0.717) is 0 Å². The van der Waals surface area contributed by atoms with Gasteiger partial charge in [-0.2, -0.15) is 0 Å². The van der Waals surface area contributed by atoms with Crippen LogP contribution < -0.4 is 0 Å². The van der Waals surface area contributed by atoms with E-state index in [-0.39, 0.29) is 5.41 Å². The van der Waals surface area contributed by atoms with Crippen LogP contribution in [0.5, 0.6) is 0 Å². The molecular formula is C47H34. The zero-order valence-corrected chi connectivity index (χ0v) is 27.0. The molecule has 0 N–H and O–H groups in total. The van der Waals surface area contributed by atoms with Gasteiger partial charge in [0.2, 0.25) is 0 Å². The van der Waals surface area contributed by atoms with Crippen molar-refractivity contribution in [3.63, 3.8) is 0 Å². The molecule has 0 saturated heterocycles. The molecule has 0 heteroatoms. The molecule has 0 fully saturated rings. The maximum atomic E-state index is 2.50. The Labute approximate surface area is 276 Å². The third kappa shape index (κ3) is 3.43. The lowest BCUT2D eigenvalue weighted by atomic mass is 9.69. The SMILES string of the molecule is CC1=CC2=C(C1)c1ccccc1C21c2ccccc2-c2c(-c3c4ccccc4c(-c4cc(C)cc(C)c4)c4ccccc34)cccc21. The molecule has 0 amide bonds. The number of fused-ring (bicyclic) bond motifs is 11. The first-order chi connectivity index (χ1) is 23.1. The second-order valence-corrected chi connectivity index (χ2v) is 13.8. The van der Waals surface area contributed by atoms with Gasteiger partial charge in [-0.05, 0) is 116 Å². The van der Waals surface area contributed by atoms with Gasteiger partial charge in [-0.1, -0.05) is 156 Å². The Morgan fingerprint density at radius 3 is 1.62 bits per heavy atom. The Bertz CT molecular complexity index is 2490. The molecule has 0 bridgehead atoms. The highest BCUT2D eigenvalue weighted by atomic mass is 14.5. The van der Waals surface area contributed by atoms with Crippen LogP contribution in [0.25, 0.3) is 60.5 Å². The van der Waals surface area contributed by atoms with Crippen LogP contribution in [0.2, 0.25) is 0 Å². The second kappa shape index (κ2) is 9.53. The van der Waals surface area contributed by atoms with Crippen molar-refractivity contribution in [2.45, 2.75) is 32.6 Å². The molecule has 10 rings (SSSR count). The zero-order chi connectivity index (χ0) is 31.4. The largest absolute Gasteiger partial charge is 0.0722 e. The lowest BCUT2D eigenvalue weighted by Gasteiger charge is -2.31. The van der Waals surface area contributed by atoms with Crippen molar-refractivity contribution in [3.05, 3.63) is 184 Å². The maximum absolute atomic E-state index is 2.50. The molecule has 3 aliphatic carbocycles. The number of allylic oxidation sites excluding steroid dienone is 4. The summed E-state index contributed by atoms with van der Waals surface area (Å²) in [5.41, 5.74) is 20.3. The average Bonchev–Trinajstić information content (AvgIpc) is 3.71. The molecule has 7 aromatic rings. The van der Waals surface area contributed by atoms with Crippen molar-refractivity contribution < 1.29 is 0 Å². The molecule has 1 unspecified atom stereocenters. The number of rotatable bonds is 2. The van der Waals surface area contributed by atoms with Gasteiger partial charge in [0.05, 0.1) is 5.41 Å². The van der Waals surface area contributed by atoms with Crippen LogP contribution in [0.15, 0.2) is 151 Å². The van der Waals surface area contributed by atoms with E-state index in [1.165, 1.54) is 105 Å². The number of benzene rings is 7. The summed E-state index contributed by atoms with van der Waals surface area (Å²) in [6.45, 7) is 6.71. The Balaban J connectivity index is 1.36. The van der Waals surface area contributed by atoms with E-state index in [2.05, 4.69) is 160 Å². The molecule has 47 heavy (non-hydrogen) atoms. The van der Waals surface area contributed by atoms with Gasteiger partial charge in [0.15, 0.2) is 0 Å². The summed E-state index contributed by atoms with van der Waals surface area (Å²) in [7, 11) is 0. The van der Waals surface area contributed by atoms with E-state index in [1.807, 2.05) is 0 Å². The summed E-state index contributed by atoms with van der Waals surface area (Å²) in [6.07, 6.45) is 3.53. The third-order valence-electron chi connectivity index (χ3n) is 11.0. The first kappa shape index (κ1) is 26.7. The Morgan fingerprint density at radius 1 is 0.447 bits per heavy atom. The molecule has 0 aliphatic heterocycles. The summed E-state index contributed by atoms with van der Waals surface area (Å²) < 4.78 is 0. The quantitative estimate of drug-likeness (QED) is 0.174. The molecule has 0 heterocycles. The first-order valence-electron chi connectivity index (χ1n) is 16.8. The van der Waals surface area contributed by atoms with Gasteiger partial charge in [0.25, 0.3) is 0 Å². The fourth-order valence-electron chi connectivity index (χ4n) is 9.52. The summed E-state index contributed by atoms with van der Waals surface area (Å²) in [5.74, 6) is 0. The van der Waals surface area contributed by atoms with Crippen LogP contribution >= 0.6 is 0 Å². The van der Waals surface area contributed by atoms with Crippen LogP contribution in [0.4, 0.5) is 0 Å². The predicted octanol–water partition coefficient (Wildman–Crippen LogP) is 12.4. The summed E-state index contributed by atoms with van der Waals surface area (Å²) in [4.78, 5) is 0. The van der Waals surface area contributed by atoms with E-state index in [0.717, 1.165) is 6.42 Å². The van der Waals surface area contributed by atoms with Gasteiger partial charge in [-0.25, -0.2) is 0 Å². The minimum Gasteiger partial charge on any atom is -0.0686 e. The highest BCUT2D eigenvalue weighted by Crippen LogP contribution is 2.65. The van der Waals surface area contributed by atoms with Crippen LogP contribution in [-0.4, -0.2) is 0 Å². The molecule has 0 saturated carbocycles. The van der Waals surface area contributed by atoms with Crippen LogP contribution in [-0.2, 0) is 5.41 Å². The van der Waals surface area contributed by atoms with E-state index in [1.54, 1.807) is 0 Å². The lowest BCUT2D eigenvalue weighted by molar-refractivity contribution is 0.786. The van der Waals surface area contributed by atoms with E-state index < -0.39 is 0 Å². The van der Waals surface area contributed by atoms with Crippen molar-refractivity contribution in [3.8, 4) is 33.4 Å². The van der Waals surface area contributed by atoms with Crippen LogP contribution in [0, 0.1) is 13.8 Å². The average molecular weight is 599 g/mol. The van der Waals surface area contributed by atoms with E-state index in [9.17, 15) is 0 Å². The fraction of sp³-hybridized carbons (Fsp3) is 0.106. The van der Waals surface area contributed by atoms with Gasteiger partial charge >= 0.3 is 0 Å². The molecule has 1 spiro atoms. The summed E-state index contributed by atoms with van der Waals surface area (Å²) >= 11 is 0. The zero-order valence-electron chi connectivity index (χ0n) is 27.0. The molecule has 3 aliphatic rings. The van der Waals surface area contributed by atoms with Crippen molar-refractivity contribution in [2.75, 3.05) is 0 Å². The third-order valence-corrected chi connectivity index (χ3v) is 11.0. The van der Waals surface area contributed by atoms with Crippen molar-refractivity contribution in [1.29, 1.82) is 0 Å². The van der Waals surface area contributed by atoms with Gasteiger partial charge in [0.1, 0.15) is 0 Å². The van der Waals surface area contributed by atoms with Crippen LogP contribution in [0.3, 0.4) is 0 Å². The molecule has 1 atom stereocenters. The highest BCUT2D eigenvalue weighted by molar-refractivity contribution is 6.23. The smallest absolute Gasteiger partial charge is 0.0686 e. The lowest BCUT2D eigenvalue weighted by Crippen LogP contribution is -2.26. The topological polar surface area (TPSA) is 0 Å². The molecule has 222 valence electrons. The highest BCUT2D eigenvalue weighted by Gasteiger charge is 2.53. The number of hydrogen-bond donors (Lipinski definition) is 0. The summed E-state index contributed by atoms with van der Waals surface area (Å²) in [6, 6.07) is 50.6. The van der Waals surface area contributed by atoms with E-state index >= 15 is 0 Å². The van der Waals surface area contributed by atoms with Gasteiger partial charge in [-0.15, -0.1) is 0 Å². The fourth-order valence-corrected chi connectivity index (χ4v) is 9.52. The summed E-state index contributed by atoms with van der Waals surface area (Å²) in [5, 5.41) is 5.21. The predicted molar refractivity (Wildman–Crippen MR) is 199 cm³/mol. The molecule has 7 aromatic carbocycles. The van der Waals surface area contributed by atoms with Crippen molar-refractivity contribution in [1.82, 2.24) is 0 Å². The minimum atomic E-state index is -0.309. The second-order valence-electron chi connectivity index (χ2n) is 13.8. The minimum absolute atomic E-state index is 0.309.